The van der Waals surface area contributed by atoms with E-state index < -0.39 is 10.0 Å². The van der Waals surface area contributed by atoms with Crippen molar-refractivity contribution in [3.05, 3.63) is 63.2 Å². The van der Waals surface area contributed by atoms with Gasteiger partial charge in [-0.2, -0.15) is 0 Å². The van der Waals surface area contributed by atoms with E-state index in [-0.39, 0.29) is 38.4 Å². The Morgan fingerprint density at radius 3 is 2.60 bits per heavy atom. The van der Waals surface area contributed by atoms with E-state index in [2.05, 4.69) is 14.7 Å². The molecule has 1 aromatic carbocycles. The van der Waals surface area contributed by atoms with Crippen molar-refractivity contribution < 1.29 is 17.6 Å². The van der Waals surface area contributed by atoms with Gasteiger partial charge in [-0.15, -0.1) is 0 Å². The van der Waals surface area contributed by atoms with Crippen molar-refractivity contribution in [3.8, 4) is 5.88 Å². The van der Waals surface area contributed by atoms with Gasteiger partial charge in [-0.3, -0.25) is 4.72 Å². The van der Waals surface area contributed by atoms with Crippen molar-refractivity contribution in [2.75, 3.05) is 18.8 Å². The molecule has 0 aliphatic heterocycles. The van der Waals surface area contributed by atoms with E-state index in [0.29, 0.717) is 12.3 Å². The summed E-state index contributed by atoms with van der Waals surface area (Å²) in [4.78, 5) is 9.72. The molecular weight excluding hydrogens is 475 g/mol. The van der Waals surface area contributed by atoms with Crippen LogP contribution in [-0.4, -0.2) is 37.4 Å². The minimum Gasteiger partial charge on any atom is -0.467 e. The number of aromatic nitrogens is 2. The van der Waals surface area contributed by atoms with Crippen molar-refractivity contribution in [1.82, 2.24) is 14.9 Å². The summed E-state index contributed by atoms with van der Waals surface area (Å²) in [7, 11) is -0.288. The second-order valence-electron chi connectivity index (χ2n) is 6.40. The molecule has 1 N–H and O–H groups in total. The summed E-state index contributed by atoms with van der Waals surface area (Å²) in [6, 6.07) is 7.84. The Bertz CT molecular complexity index is 1150. The third-order valence-corrected chi connectivity index (χ3v) is 6.18. The van der Waals surface area contributed by atoms with Crippen LogP contribution in [0.1, 0.15) is 11.5 Å². The zero-order valence-electron chi connectivity index (χ0n) is 15.9. The van der Waals surface area contributed by atoms with Crippen LogP contribution in [0.25, 0.3) is 0 Å². The van der Waals surface area contributed by atoms with Gasteiger partial charge in [0.2, 0.25) is 5.82 Å². The molecule has 3 aromatic rings. The first kappa shape index (κ1) is 22.6. The highest BCUT2D eigenvalue weighted by molar-refractivity contribution is 7.92. The van der Waals surface area contributed by atoms with Crippen LogP contribution < -0.4 is 9.46 Å². The van der Waals surface area contributed by atoms with Crippen LogP contribution in [0.3, 0.4) is 0 Å². The van der Waals surface area contributed by atoms with E-state index in [0.717, 1.165) is 5.76 Å². The molecule has 2 heterocycles. The maximum atomic E-state index is 12.8. The number of rotatable bonds is 8. The maximum Gasteiger partial charge on any atom is 0.264 e. The average Bonchev–Trinajstić information content (AvgIpc) is 3.09. The van der Waals surface area contributed by atoms with Gasteiger partial charge in [0.05, 0.1) is 22.8 Å². The highest BCUT2D eigenvalue weighted by atomic mass is 35.5. The predicted octanol–water partition coefficient (Wildman–Crippen LogP) is 4.47. The highest BCUT2D eigenvalue weighted by Crippen LogP contribution is 2.31. The van der Waals surface area contributed by atoms with Gasteiger partial charge < -0.3 is 14.1 Å². The number of halogens is 3. The molecule has 0 spiro atoms. The molecule has 30 heavy (non-hydrogen) atoms. The number of ether oxygens (including phenoxy) is 1. The molecule has 2 aromatic heterocycles. The first-order valence-electron chi connectivity index (χ1n) is 8.50. The Hall–Kier alpha value is -2.04. The number of nitrogens with one attached hydrogen (secondary N) is 1. The molecule has 0 unspecified atom stereocenters. The van der Waals surface area contributed by atoms with E-state index in [9.17, 15) is 8.42 Å². The third-order valence-electron chi connectivity index (χ3n) is 3.69. The van der Waals surface area contributed by atoms with Crippen LogP contribution in [0.2, 0.25) is 15.2 Å². The van der Waals surface area contributed by atoms with Crippen molar-refractivity contribution >= 4 is 50.6 Å². The monoisotopic (exact) mass is 490 g/mol. The first-order valence-corrected chi connectivity index (χ1v) is 11.1. The minimum absolute atomic E-state index is 0.0103. The Kier molecular flexibility index (Phi) is 7.10. The summed E-state index contributed by atoms with van der Waals surface area (Å²) in [5, 5.41) is -0.0452. The number of nitrogens with zero attached hydrogens (tertiary/aromatic N) is 3. The first-order chi connectivity index (χ1) is 14.2. The van der Waals surface area contributed by atoms with Crippen LogP contribution in [0.5, 0.6) is 5.88 Å². The topological polar surface area (TPSA) is 97.6 Å². The minimum atomic E-state index is -4.13. The Morgan fingerprint density at radius 2 is 1.87 bits per heavy atom. The number of hydrogen-bond donors (Lipinski definition) is 1. The van der Waals surface area contributed by atoms with Gasteiger partial charge >= 0.3 is 0 Å². The number of sulfonamides is 1. The number of furan rings is 1. The fourth-order valence-corrected chi connectivity index (χ4v) is 4.33. The van der Waals surface area contributed by atoms with Crippen molar-refractivity contribution in [1.29, 1.82) is 0 Å². The summed E-state index contributed by atoms with van der Waals surface area (Å²) < 4.78 is 39.1. The van der Waals surface area contributed by atoms with Gasteiger partial charge in [-0.25, -0.2) is 18.4 Å². The van der Waals surface area contributed by atoms with Crippen LogP contribution >= 0.6 is 34.8 Å². The lowest BCUT2D eigenvalue weighted by Gasteiger charge is -2.12. The van der Waals surface area contributed by atoms with Gasteiger partial charge in [0, 0.05) is 0 Å². The second-order valence-corrected chi connectivity index (χ2v) is 9.22. The molecule has 160 valence electrons. The lowest BCUT2D eigenvalue weighted by molar-refractivity contribution is 0.250. The van der Waals surface area contributed by atoms with E-state index in [1.807, 2.05) is 25.1 Å². The van der Waals surface area contributed by atoms with Gasteiger partial charge in [-0.1, -0.05) is 40.9 Å². The van der Waals surface area contributed by atoms with E-state index in [1.54, 1.807) is 6.07 Å². The Balaban J connectivity index is 1.81. The van der Waals surface area contributed by atoms with Crippen LogP contribution in [0.15, 0.2) is 45.8 Å². The summed E-state index contributed by atoms with van der Waals surface area (Å²) in [5.74, 6) is 1.03. The number of benzene rings is 1. The number of hydrogen-bond acceptors (Lipinski definition) is 7. The molecule has 3 rings (SSSR count). The molecule has 0 aliphatic carbocycles. The lowest BCUT2D eigenvalue weighted by atomic mass is 10.4. The zero-order valence-corrected chi connectivity index (χ0v) is 19.0. The zero-order chi connectivity index (χ0) is 21.9. The molecule has 0 amide bonds. The highest BCUT2D eigenvalue weighted by Gasteiger charge is 2.23. The molecule has 0 aliphatic rings. The lowest BCUT2D eigenvalue weighted by Crippen LogP contribution is -2.16. The van der Waals surface area contributed by atoms with Crippen LogP contribution in [0, 0.1) is 0 Å². The van der Waals surface area contributed by atoms with Crippen molar-refractivity contribution in [2.24, 2.45) is 0 Å². The summed E-state index contributed by atoms with van der Waals surface area (Å²) in [6.07, 6.45) is 1.24. The van der Waals surface area contributed by atoms with Crippen molar-refractivity contribution in [2.45, 2.75) is 18.0 Å². The average molecular weight is 492 g/mol. The van der Waals surface area contributed by atoms with E-state index >= 15 is 0 Å². The SMILES string of the molecule is CN(C)Cc1ccc(COc2ncc(Cl)nc2NS(=O)(=O)c2cccc(Cl)c2Cl)o1. The number of anilines is 1. The third kappa shape index (κ3) is 5.55. The van der Waals surface area contributed by atoms with E-state index in [4.69, 9.17) is 44.0 Å². The van der Waals surface area contributed by atoms with Gasteiger partial charge in [0.1, 0.15) is 28.2 Å². The second kappa shape index (κ2) is 9.40. The fourth-order valence-electron chi connectivity index (χ4n) is 2.44. The molecule has 0 radical (unpaired) electrons. The van der Waals surface area contributed by atoms with Gasteiger partial charge in [0.25, 0.3) is 15.9 Å². The fraction of sp³-hybridized carbons (Fsp3) is 0.222. The molecule has 0 bridgehead atoms. The predicted molar refractivity (Wildman–Crippen MR) is 115 cm³/mol. The normalized spacial score (nSPS) is 11.7. The molecule has 0 saturated heterocycles. The molecule has 12 heteroatoms. The maximum absolute atomic E-state index is 12.8. The van der Waals surface area contributed by atoms with Crippen LogP contribution in [0.4, 0.5) is 5.82 Å². The quantitative estimate of drug-likeness (QED) is 0.496. The summed E-state index contributed by atoms with van der Waals surface area (Å²) >= 11 is 17.8. The molecule has 0 saturated carbocycles. The smallest absolute Gasteiger partial charge is 0.264 e. The molecule has 8 nitrogen and oxygen atoms in total. The summed E-state index contributed by atoms with van der Waals surface area (Å²) in [6.45, 7) is 0.641. The largest absolute Gasteiger partial charge is 0.467 e. The van der Waals surface area contributed by atoms with Gasteiger partial charge in [0.15, 0.2) is 0 Å². The van der Waals surface area contributed by atoms with Crippen LogP contribution in [-0.2, 0) is 23.2 Å². The standard InChI is InChI=1S/C18H17Cl3N4O4S/c1-25(2)9-11-6-7-12(29-11)10-28-18-17(23-15(20)8-22-18)24-30(26,27)14-5-3-4-13(19)16(14)21/h3-8H,9-10H2,1-2H3,(H,23,24). The Labute approximate surface area is 188 Å². The Morgan fingerprint density at radius 1 is 1.13 bits per heavy atom. The van der Waals surface area contributed by atoms with Crippen molar-refractivity contribution in [3.63, 3.8) is 0 Å². The van der Waals surface area contributed by atoms with Gasteiger partial charge in [-0.05, 0) is 38.4 Å². The molecule has 0 fully saturated rings. The summed E-state index contributed by atoms with van der Waals surface area (Å²) in [5.41, 5.74) is 0. The molecule has 0 atom stereocenters. The molecular formula is C18H17Cl3N4O4S. The van der Waals surface area contributed by atoms with E-state index in [1.165, 1.54) is 24.4 Å².